The van der Waals surface area contributed by atoms with Crippen LogP contribution in [0.1, 0.15) is 18.4 Å². The normalized spacial score (nSPS) is 13.5. The number of pyridine rings is 1. The average Bonchev–Trinajstić information content (AvgIpc) is 3.45. The third-order valence-corrected chi connectivity index (χ3v) is 5.11. The molecule has 150 valence electrons. The van der Waals surface area contributed by atoms with Crippen molar-refractivity contribution >= 4 is 11.7 Å². The number of nitrogens with zero attached hydrogens (tertiary/aromatic N) is 4. The van der Waals surface area contributed by atoms with Gasteiger partial charge in [-0.3, -0.25) is 4.79 Å². The molecule has 1 aliphatic heterocycles. The first kappa shape index (κ1) is 19.0. The molecule has 1 N–H and O–H groups in total. The first-order valence-electron chi connectivity index (χ1n) is 9.85. The van der Waals surface area contributed by atoms with Gasteiger partial charge < -0.3 is 19.5 Å². The van der Waals surface area contributed by atoms with Crippen LogP contribution in [-0.2, 0) is 17.9 Å². The summed E-state index contributed by atoms with van der Waals surface area (Å²) in [4.78, 5) is 23.7. The maximum atomic E-state index is 12.5. The molecule has 0 atom stereocenters. The van der Waals surface area contributed by atoms with Gasteiger partial charge in [0.05, 0.1) is 7.11 Å². The van der Waals surface area contributed by atoms with Crippen LogP contribution in [0.2, 0.25) is 0 Å². The van der Waals surface area contributed by atoms with Crippen LogP contribution in [0.25, 0.3) is 11.4 Å². The SMILES string of the molecule is COc1ccc(CNC(=O)Cn2ccnc2-c2ccnc(N3CCCC3)c2)cc1. The Morgan fingerprint density at radius 2 is 1.90 bits per heavy atom. The number of nitrogens with one attached hydrogen (secondary N) is 1. The van der Waals surface area contributed by atoms with E-state index in [1.165, 1.54) is 12.8 Å². The largest absolute Gasteiger partial charge is 0.497 e. The molecule has 7 heteroatoms. The second-order valence-corrected chi connectivity index (χ2v) is 7.10. The molecule has 4 rings (SSSR count). The van der Waals surface area contributed by atoms with Crippen molar-refractivity contribution in [1.29, 1.82) is 0 Å². The van der Waals surface area contributed by atoms with Crippen LogP contribution in [0.5, 0.6) is 5.75 Å². The van der Waals surface area contributed by atoms with Gasteiger partial charge in [-0.15, -0.1) is 0 Å². The van der Waals surface area contributed by atoms with Gasteiger partial charge in [0.2, 0.25) is 5.91 Å². The van der Waals surface area contributed by atoms with Crippen LogP contribution < -0.4 is 15.0 Å². The van der Waals surface area contributed by atoms with Crippen molar-refractivity contribution in [3.05, 3.63) is 60.6 Å². The van der Waals surface area contributed by atoms with Gasteiger partial charge in [-0.25, -0.2) is 9.97 Å². The summed E-state index contributed by atoms with van der Waals surface area (Å²) in [6.07, 6.45) is 7.77. The summed E-state index contributed by atoms with van der Waals surface area (Å²) in [7, 11) is 1.64. The van der Waals surface area contributed by atoms with Crippen molar-refractivity contribution < 1.29 is 9.53 Å². The minimum absolute atomic E-state index is 0.0612. The molecule has 29 heavy (non-hydrogen) atoms. The number of hydrogen-bond donors (Lipinski definition) is 1. The molecule has 0 aliphatic carbocycles. The molecule has 1 amide bonds. The van der Waals surface area contributed by atoms with E-state index in [1.807, 2.05) is 47.3 Å². The Kier molecular flexibility index (Phi) is 5.74. The lowest BCUT2D eigenvalue weighted by Crippen LogP contribution is -2.27. The van der Waals surface area contributed by atoms with E-state index in [9.17, 15) is 4.79 Å². The number of carbonyl (C=O) groups is 1. The number of imidazole rings is 1. The fraction of sp³-hybridized carbons (Fsp3) is 0.318. The number of hydrogen-bond acceptors (Lipinski definition) is 5. The van der Waals surface area contributed by atoms with Gasteiger partial charge in [-0.2, -0.15) is 0 Å². The second-order valence-electron chi connectivity index (χ2n) is 7.10. The summed E-state index contributed by atoms with van der Waals surface area (Å²) in [5.74, 6) is 2.48. The molecule has 3 heterocycles. The standard InChI is InChI=1S/C22H25N5O2/c1-29-19-6-4-17(5-7-19)15-25-21(28)16-27-13-10-24-22(27)18-8-9-23-20(14-18)26-11-2-3-12-26/h4-10,13-14H,2-3,11-12,15-16H2,1H3,(H,25,28). The van der Waals surface area contributed by atoms with Crippen LogP contribution in [0.3, 0.4) is 0 Å². The van der Waals surface area contributed by atoms with Crippen LogP contribution in [0.15, 0.2) is 55.0 Å². The highest BCUT2D eigenvalue weighted by Gasteiger charge is 2.16. The Balaban J connectivity index is 1.41. The molecule has 7 nitrogen and oxygen atoms in total. The molecule has 1 fully saturated rings. The number of methoxy groups -OCH3 is 1. The van der Waals surface area contributed by atoms with Gasteiger partial charge in [-0.1, -0.05) is 12.1 Å². The van der Waals surface area contributed by atoms with Crippen molar-refractivity contribution in [2.45, 2.75) is 25.9 Å². The zero-order valence-electron chi connectivity index (χ0n) is 16.5. The van der Waals surface area contributed by atoms with E-state index in [2.05, 4.69) is 26.3 Å². The van der Waals surface area contributed by atoms with Crippen LogP contribution >= 0.6 is 0 Å². The van der Waals surface area contributed by atoms with Crippen molar-refractivity contribution in [3.8, 4) is 17.1 Å². The van der Waals surface area contributed by atoms with E-state index in [4.69, 9.17) is 4.74 Å². The van der Waals surface area contributed by atoms with Gasteiger partial charge >= 0.3 is 0 Å². The predicted octanol–water partition coefficient (Wildman–Crippen LogP) is 2.87. The van der Waals surface area contributed by atoms with Crippen molar-refractivity contribution in [3.63, 3.8) is 0 Å². The maximum Gasteiger partial charge on any atom is 0.240 e. The number of benzene rings is 1. The first-order valence-corrected chi connectivity index (χ1v) is 9.85. The highest BCUT2D eigenvalue weighted by atomic mass is 16.5. The highest BCUT2D eigenvalue weighted by molar-refractivity contribution is 5.76. The zero-order chi connectivity index (χ0) is 20.1. The third kappa shape index (κ3) is 4.56. The summed E-state index contributed by atoms with van der Waals surface area (Å²) >= 11 is 0. The van der Waals surface area contributed by atoms with E-state index < -0.39 is 0 Å². The number of aromatic nitrogens is 3. The average molecular weight is 391 g/mol. The van der Waals surface area contributed by atoms with Gasteiger partial charge in [0.15, 0.2) is 0 Å². The molecule has 1 saturated heterocycles. The summed E-state index contributed by atoms with van der Waals surface area (Å²) < 4.78 is 7.02. The molecule has 0 saturated carbocycles. The molecule has 0 bridgehead atoms. The zero-order valence-corrected chi connectivity index (χ0v) is 16.5. The number of carbonyl (C=O) groups excluding carboxylic acids is 1. The van der Waals surface area contributed by atoms with Gasteiger partial charge in [0, 0.05) is 43.8 Å². The second kappa shape index (κ2) is 8.77. The molecule has 0 spiro atoms. The Morgan fingerprint density at radius 3 is 2.66 bits per heavy atom. The number of anilines is 1. The predicted molar refractivity (Wildman–Crippen MR) is 112 cm³/mol. The Morgan fingerprint density at radius 1 is 1.10 bits per heavy atom. The molecule has 1 aliphatic rings. The molecule has 2 aromatic heterocycles. The van der Waals surface area contributed by atoms with Crippen molar-refractivity contribution in [2.75, 3.05) is 25.1 Å². The minimum Gasteiger partial charge on any atom is -0.497 e. The maximum absolute atomic E-state index is 12.5. The van der Waals surface area contributed by atoms with Crippen LogP contribution in [-0.4, -0.2) is 40.6 Å². The Labute approximate surface area is 170 Å². The van der Waals surface area contributed by atoms with Gasteiger partial charge in [0.25, 0.3) is 0 Å². The summed E-state index contributed by atoms with van der Waals surface area (Å²) in [5, 5.41) is 2.96. The molecule has 3 aromatic rings. The van der Waals surface area contributed by atoms with Crippen molar-refractivity contribution in [1.82, 2.24) is 19.9 Å². The van der Waals surface area contributed by atoms with Gasteiger partial charge in [0.1, 0.15) is 23.9 Å². The number of rotatable bonds is 7. The number of ether oxygens (including phenoxy) is 1. The Bertz CT molecular complexity index is 961. The quantitative estimate of drug-likeness (QED) is 0.671. The van der Waals surface area contributed by atoms with E-state index in [0.717, 1.165) is 41.6 Å². The van der Waals surface area contributed by atoms with E-state index in [1.54, 1.807) is 13.3 Å². The highest BCUT2D eigenvalue weighted by Crippen LogP contribution is 2.24. The smallest absolute Gasteiger partial charge is 0.240 e. The lowest BCUT2D eigenvalue weighted by atomic mass is 10.2. The molecule has 1 aromatic carbocycles. The van der Waals surface area contributed by atoms with Gasteiger partial charge in [-0.05, 0) is 42.7 Å². The molecular weight excluding hydrogens is 366 g/mol. The minimum atomic E-state index is -0.0612. The first-order chi connectivity index (χ1) is 14.2. The monoisotopic (exact) mass is 391 g/mol. The fourth-order valence-corrected chi connectivity index (χ4v) is 3.53. The van der Waals surface area contributed by atoms with E-state index in [0.29, 0.717) is 6.54 Å². The molecule has 0 radical (unpaired) electrons. The summed E-state index contributed by atoms with van der Waals surface area (Å²) in [6, 6.07) is 11.7. The summed E-state index contributed by atoms with van der Waals surface area (Å²) in [6.45, 7) is 2.77. The summed E-state index contributed by atoms with van der Waals surface area (Å²) in [5.41, 5.74) is 1.99. The van der Waals surface area contributed by atoms with Crippen molar-refractivity contribution in [2.24, 2.45) is 0 Å². The van der Waals surface area contributed by atoms with Crippen LogP contribution in [0.4, 0.5) is 5.82 Å². The lowest BCUT2D eigenvalue weighted by molar-refractivity contribution is -0.121. The van der Waals surface area contributed by atoms with E-state index >= 15 is 0 Å². The number of amides is 1. The molecule has 0 unspecified atom stereocenters. The Hall–Kier alpha value is -3.35. The molecular formula is C22H25N5O2. The van der Waals surface area contributed by atoms with E-state index in [-0.39, 0.29) is 12.5 Å². The van der Waals surface area contributed by atoms with Crippen LogP contribution in [0, 0.1) is 0 Å². The topological polar surface area (TPSA) is 72.3 Å². The fourth-order valence-electron chi connectivity index (χ4n) is 3.53. The third-order valence-electron chi connectivity index (χ3n) is 5.11. The lowest BCUT2D eigenvalue weighted by Gasteiger charge is -2.17.